The highest BCUT2D eigenvalue weighted by atomic mass is 32.2. The smallest absolute Gasteiger partial charge is 0.160 e. The summed E-state index contributed by atoms with van der Waals surface area (Å²) >= 11 is 1.82. The van der Waals surface area contributed by atoms with Crippen LogP contribution >= 0.6 is 11.8 Å². The molecule has 0 unspecified atom stereocenters. The van der Waals surface area contributed by atoms with Gasteiger partial charge in [-0.15, -0.1) is 0 Å². The van der Waals surface area contributed by atoms with E-state index in [0.717, 1.165) is 50.3 Å². The number of hydrogen-bond donors (Lipinski definition) is 0. The molecule has 1 spiro atoms. The van der Waals surface area contributed by atoms with Crippen LogP contribution in [0, 0.1) is 11.3 Å². The number of nitriles is 1. The second-order valence-corrected chi connectivity index (χ2v) is 15.8. The monoisotopic (exact) mass is 755 g/mol. The summed E-state index contributed by atoms with van der Waals surface area (Å²) in [6.07, 6.45) is 0. The summed E-state index contributed by atoms with van der Waals surface area (Å²) in [5.74, 6) is 0.684. The molecule has 2 heterocycles. The molecule has 0 saturated heterocycles. The first kappa shape index (κ1) is 34.0. The first-order valence-corrected chi connectivity index (χ1v) is 20.3. The zero-order chi connectivity index (χ0) is 38.6. The van der Waals surface area contributed by atoms with Crippen molar-refractivity contribution in [3.05, 3.63) is 228 Å². The number of aromatic nitrogens is 2. The quantitative estimate of drug-likeness (QED) is 0.175. The zero-order valence-electron chi connectivity index (χ0n) is 31.3. The van der Waals surface area contributed by atoms with E-state index in [1.165, 1.54) is 43.2 Å². The third kappa shape index (κ3) is 5.21. The molecule has 0 bridgehead atoms. The summed E-state index contributed by atoms with van der Waals surface area (Å²) < 4.78 is 0. The summed E-state index contributed by atoms with van der Waals surface area (Å²) in [6.45, 7) is 0. The van der Waals surface area contributed by atoms with Crippen LogP contribution in [-0.4, -0.2) is 9.97 Å². The summed E-state index contributed by atoms with van der Waals surface area (Å²) in [4.78, 5) is 12.6. The Bertz CT molecular complexity index is 2990. The predicted octanol–water partition coefficient (Wildman–Crippen LogP) is 13.5. The van der Waals surface area contributed by atoms with Gasteiger partial charge in [0.15, 0.2) is 5.82 Å². The van der Waals surface area contributed by atoms with Gasteiger partial charge in [0.05, 0.1) is 28.4 Å². The molecule has 0 radical (unpaired) electrons. The normalized spacial score (nSPS) is 12.9. The first-order valence-electron chi connectivity index (χ1n) is 19.5. The zero-order valence-corrected chi connectivity index (χ0v) is 32.1. The van der Waals surface area contributed by atoms with Crippen molar-refractivity contribution in [2.45, 2.75) is 15.2 Å². The molecule has 4 heteroatoms. The fraction of sp³-hybridized carbons (Fsp3) is 0.0185. The minimum atomic E-state index is -0.559. The third-order valence-corrected chi connectivity index (χ3v) is 12.9. The molecule has 58 heavy (non-hydrogen) atoms. The molecular formula is C54H33N3S. The lowest BCUT2D eigenvalue weighted by atomic mass is 9.66. The minimum absolute atomic E-state index is 0.559. The lowest BCUT2D eigenvalue weighted by molar-refractivity contribution is 0.724. The highest BCUT2D eigenvalue weighted by molar-refractivity contribution is 7.99. The largest absolute Gasteiger partial charge is 0.228 e. The lowest BCUT2D eigenvalue weighted by Crippen LogP contribution is -2.32. The third-order valence-electron chi connectivity index (χ3n) is 11.7. The molecule has 1 aromatic heterocycles. The number of fused-ring (bicyclic) bond motifs is 9. The molecule has 2 aliphatic rings. The number of nitrogens with zero attached hydrogens (tertiary/aromatic N) is 3. The van der Waals surface area contributed by atoms with Crippen molar-refractivity contribution in [1.82, 2.24) is 9.97 Å². The second kappa shape index (κ2) is 13.7. The molecule has 9 aromatic rings. The van der Waals surface area contributed by atoms with Gasteiger partial charge in [0.2, 0.25) is 0 Å². The van der Waals surface area contributed by atoms with Crippen LogP contribution in [-0.2, 0) is 5.41 Å². The van der Waals surface area contributed by atoms with Crippen molar-refractivity contribution in [3.8, 4) is 73.4 Å². The van der Waals surface area contributed by atoms with Gasteiger partial charge in [-0.25, -0.2) is 9.97 Å². The van der Waals surface area contributed by atoms with Crippen LogP contribution in [0.2, 0.25) is 0 Å². The van der Waals surface area contributed by atoms with Gasteiger partial charge in [0.1, 0.15) is 0 Å². The van der Waals surface area contributed by atoms with Crippen LogP contribution in [0.1, 0.15) is 27.8 Å². The van der Waals surface area contributed by atoms with E-state index < -0.39 is 5.41 Å². The Hall–Kier alpha value is -7.32. The number of benzene rings is 8. The molecular weight excluding hydrogens is 723 g/mol. The molecule has 270 valence electrons. The van der Waals surface area contributed by atoms with Crippen molar-refractivity contribution in [2.75, 3.05) is 0 Å². The van der Waals surface area contributed by atoms with E-state index in [2.05, 4.69) is 152 Å². The van der Waals surface area contributed by atoms with E-state index in [1.54, 1.807) is 0 Å². The number of hydrogen-bond acceptors (Lipinski definition) is 4. The lowest BCUT2D eigenvalue weighted by Gasteiger charge is -2.41. The van der Waals surface area contributed by atoms with Crippen LogP contribution in [0.3, 0.4) is 0 Å². The number of rotatable bonds is 5. The maximum atomic E-state index is 10.3. The molecule has 0 fully saturated rings. The van der Waals surface area contributed by atoms with Crippen molar-refractivity contribution >= 4 is 11.8 Å². The summed E-state index contributed by atoms with van der Waals surface area (Å²) in [5, 5.41) is 10.3. The van der Waals surface area contributed by atoms with Gasteiger partial charge in [-0.05, 0) is 62.2 Å². The first-order chi connectivity index (χ1) is 28.7. The Morgan fingerprint density at radius 1 is 0.379 bits per heavy atom. The van der Waals surface area contributed by atoms with Gasteiger partial charge in [0.25, 0.3) is 0 Å². The minimum Gasteiger partial charge on any atom is -0.228 e. The predicted molar refractivity (Wildman–Crippen MR) is 235 cm³/mol. The van der Waals surface area contributed by atoms with E-state index in [4.69, 9.17) is 9.97 Å². The average Bonchev–Trinajstić information content (AvgIpc) is 3.60. The summed E-state index contributed by atoms with van der Waals surface area (Å²) in [6, 6.07) is 73.1. The Kier molecular flexibility index (Phi) is 8.03. The molecule has 0 atom stereocenters. The van der Waals surface area contributed by atoms with Gasteiger partial charge in [-0.2, -0.15) is 5.26 Å². The molecule has 1 aliphatic carbocycles. The summed E-state index contributed by atoms with van der Waals surface area (Å²) in [7, 11) is 0. The molecule has 0 N–H and O–H groups in total. The molecule has 8 aromatic carbocycles. The van der Waals surface area contributed by atoms with Crippen LogP contribution in [0.25, 0.3) is 67.3 Å². The van der Waals surface area contributed by atoms with Gasteiger partial charge >= 0.3 is 0 Å². The summed E-state index contributed by atoms with van der Waals surface area (Å²) in [5.41, 5.74) is 16.8. The van der Waals surface area contributed by atoms with Crippen molar-refractivity contribution in [3.63, 3.8) is 0 Å². The van der Waals surface area contributed by atoms with Crippen molar-refractivity contribution in [1.29, 1.82) is 5.26 Å². The van der Waals surface area contributed by atoms with Crippen LogP contribution in [0.15, 0.2) is 210 Å². The van der Waals surface area contributed by atoms with Crippen molar-refractivity contribution in [2.24, 2.45) is 0 Å². The topological polar surface area (TPSA) is 49.6 Å². The van der Waals surface area contributed by atoms with Gasteiger partial charge in [-0.1, -0.05) is 200 Å². The van der Waals surface area contributed by atoms with E-state index >= 15 is 0 Å². The van der Waals surface area contributed by atoms with Gasteiger partial charge in [-0.3, -0.25) is 0 Å². The second-order valence-electron chi connectivity index (χ2n) is 14.7. The fourth-order valence-electron chi connectivity index (χ4n) is 9.09. The Balaban J connectivity index is 1.11. The van der Waals surface area contributed by atoms with Crippen molar-refractivity contribution < 1.29 is 0 Å². The highest BCUT2D eigenvalue weighted by Gasteiger charge is 2.51. The Morgan fingerprint density at radius 3 is 1.41 bits per heavy atom. The molecule has 11 rings (SSSR count). The average molecular weight is 756 g/mol. The maximum Gasteiger partial charge on any atom is 0.160 e. The molecule has 1 aliphatic heterocycles. The van der Waals surface area contributed by atoms with Gasteiger partial charge < -0.3 is 0 Å². The van der Waals surface area contributed by atoms with Crippen LogP contribution in [0.5, 0.6) is 0 Å². The van der Waals surface area contributed by atoms with E-state index in [1.807, 2.05) is 66.4 Å². The molecule has 3 nitrogen and oxygen atoms in total. The van der Waals surface area contributed by atoms with E-state index in [0.29, 0.717) is 11.4 Å². The SMILES string of the molecule is N#Cc1ccccc1-c1cccc2c1Sc1c(-c3ccc(-c4nc(-c5ccccc5)cc(-c5ccccc5)n4)cc3)cccc1C21c2ccccc2-c2ccccc21. The van der Waals surface area contributed by atoms with Crippen LogP contribution in [0.4, 0.5) is 0 Å². The maximum absolute atomic E-state index is 10.3. The fourth-order valence-corrected chi connectivity index (χ4v) is 10.5. The Morgan fingerprint density at radius 2 is 0.828 bits per heavy atom. The van der Waals surface area contributed by atoms with E-state index in [-0.39, 0.29) is 0 Å². The molecule has 0 saturated carbocycles. The molecule has 0 amide bonds. The van der Waals surface area contributed by atoms with E-state index in [9.17, 15) is 5.26 Å². The highest BCUT2D eigenvalue weighted by Crippen LogP contribution is 2.64. The standard InChI is InChI=1S/C54H33N3S/c55-34-39-19-7-8-20-40(39)44-24-14-28-48-52(44)58-51-41(23-13-27-47(51)54(48)45-25-11-9-21-42(45)43-22-10-12-26-46(43)54)35-29-31-38(32-30-35)53-56-49(36-15-3-1-4-16-36)33-50(57-53)37-17-5-2-6-18-37/h1-33H. The van der Waals surface area contributed by atoms with Crippen LogP contribution < -0.4 is 0 Å². The van der Waals surface area contributed by atoms with Gasteiger partial charge in [0, 0.05) is 32.0 Å². The Labute approximate surface area is 342 Å².